The first kappa shape index (κ1) is 35.1. The molecule has 1 spiro atoms. The van der Waals surface area contributed by atoms with Gasteiger partial charge in [-0.2, -0.15) is 0 Å². The van der Waals surface area contributed by atoms with Gasteiger partial charge >= 0.3 is 5.97 Å². The molecule has 3 heterocycles. The van der Waals surface area contributed by atoms with Gasteiger partial charge in [0.05, 0.1) is 30.0 Å². The van der Waals surface area contributed by atoms with Crippen molar-refractivity contribution in [3.8, 4) is 17.2 Å². The van der Waals surface area contributed by atoms with E-state index >= 15 is 0 Å². The van der Waals surface area contributed by atoms with E-state index in [-0.39, 0.29) is 41.3 Å². The van der Waals surface area contributed by atoms with Crippen LogP contribution in [0.2, 0.25) is 0 Å². The van der Waals surface area contributed by atoms with E-state index in [0.717, 1.165) is 5.57 Å². The lowest BCUT2D eigenvalue weighted by Gasteiger charge is -2.56. The van der Waals surface area contributed by atoms with Crippen LogP contribution in [0, 0.1) is 11.8 Å². The molecular formula is C39H48O10. The number of methoxy groups -OCH3 is 1. The van der Waals surface area contributed by atoms with Gasteiger partial charge < -0.3 is 34.3 Å². The molecule has 0 amide bonds. The zero-order chi connectivity index (χ0) is 36.1. The van der Waals surface area contributed by atoms with Crippen molar-refractivity contribution in [2.45, 2.75) is 122 Å². The normalized spacial score (nSPS) is 31.2. The molecule has 6 unspecified atom stereocenters. The van der Waals surface area contributed by atoms with Crippen LogP contribution in [0.1, 0.15) is 103 Å². The number of benzene rings is 1. The predicted molar refractivity (Wildman–Crippen MR) is 182 cm³/mol. The molecule has 3 N–H and O–H groups in total. The molecule has 1 aromatic carbocycles. The molecule has 7 rings (SSSR count). The maximum absolute atomic E-state index is 14.8. The van der Waals surface area contributed by atoms with E-state index < -0.39 is 57.7 Å². The average Bonchev–Trinajstić information content (AvgIpc) is 3.18. The van der Waals surface area contributed by atoms with Gasteiger partial charge in [0.1, 0.15) is 28.4 Å². The third-order valence-corrected chi connectivity index (χ3v) is 11.2. The predicted octanol–water partition coefficient (Wildman–Crippen LogP) is 5.49. The van der Waals surface area contributed by atoms with Crippen LogP contribution in [0.3, 0.4) is 0 Å². The summed E-state index contributed by atoms with van der Waals surface area (Å²) in [6.07, 6.45) is 9.10. The van der Waals surface area contributed by atoms with Crippen LogP contribution in [-0.4, -0.2) is 74.1 Å². The molecule has 264 valence electrons. The van der Waals surface area contributed by atoms with E-state index in [2.05, 4.69) is 0 Å². The highest BCUT2D eigenvalue weighted by molar-refractivity contribution is 6.19. The Morgan fingerprint density at radius 1 is 1.12 bits per heavy atom. The van der Waals surface area contributed by atoms with Crippen molar-refractivity contribution in [1.82, 2.24) is 0 Å². The van der Waals surface area contributed by atoms with Gasteiger partial charge in [-0.3, -0.25) is 9.59 Å². The number of hydrogen-bond acceptors (Lipinski definition) is 10. The van der Waals surface area contributed by atoms with Gasteiger partial charge in [-0.1, -0.05) is 23.8 Å². The fraction of sp³-hybridized carbons (Fsp3) is 0.564. The standard InChI is InChI=1S/C39H48O10/c1-20(2)10-11-24-31-23(13-15-37(8,47-31)16-14-27(40)35(4,5)45)29(41)28-30(42)25-18-22-19-26-36(6,7)49-38(33(22)43,39(25,26)48-32(24)28)17-12-21(3)34(44)46-9/h10,12-13,15,18,22,26-27,40-41,45H,11,14,16-17,19H2,1-9H3/b21-12-. The minimum atomic E-state index is -1.63. The van der Waals surface area contributed by atoms with Crippen LogP contribution in [0.25, 0.3) is 6.08 Å². The highest BCUT2D eigenvalue weighted by Gasteiger charge is 2.81. The Hall–Kier alpha value is -3.73. The maximum atomic E-state index is 14.8. The molecule has 10 nitrogen and oxygen atoms in total. The topological polar surface area (TPSA) is 149 Å². The molecule has 10 heteroatoms. The molecule has 1 saturated carbocycles. The van der Waals surface area contributed by atoms with Gasteiger partial charge in [-0.05, 0) is 93.2 Å². The van der Waals surface area contributed by atoms with Crippen molar-refractivity contribution in [2.24, 2.45) is 11.8 Å². The highest BCUT2D eigenvalue weighted by Crippen LogP contribution is 2.68. The van der Waals surface area contributed by atoms with Gasteiger partial charge in [-0.15, -0.1) is 0 Å². The number of aliphatic hydroxyl groups is 2. The number of Topliss-reactive ketones (excluding diaryl/α,β-unsaturated/α-hetero) is 2. The Labute approximate surface area is 287 Å². The van der Waals surface area contributed by atoms with Crippen LogP contribution in [0.4, 0.5) is 0 Å². The number of allylic oxidation sites excluding steroid dienone is 3. The second-order valence-corrected chi connectivity index (χ2v) is 15.8. The fourth-order valence-corrected chi connectivity index (χ4v) is 8.46. The number of phenolic OH excluding ortho intramolecular Hbond substituents is 1. The quantitative estimate of drug-likeness (QED) is 0.174. The first-order chi connectivity index (χ1) is 22.7. The maximum Gasteiger partial charge on any atom is 0.333 e. The molecule has 6 aliphatic rings. The summed E-state index contributed by atoms with van der Waals surface area (Å²) < 4.78 is 25.5. The number of hydrogen-bond donors (Lipinski definition) is 3. The fourth-order valence-electron chi connectivity index (χ4n) is 8.46. The first-order valence-corrected chi connectivity index (χ1v) is 17.0. The molecule has 4 bridgehead atoms. The van der Waals surface area contributed by atoms with Crippen LogP contribution < -0.4 is 9.47 Å². The number of ketones is 2. The van der Waals surface area contributed by atoms with Gasteiger partial charge in [0, 0.05) is 35.0 Å². The highest BCUT2D eigenvalue weighted by atomic mass is 16.6. The Bertz CT molecular complexity index is 1770. The van der Waals surface area contributed by atoms with E-state index in [1.165, 1.54) is 7.11 Å². The van der Waals surface area contributed by atoms with E-state index in [1.807, 2.05) is 40.7 Å². The summed E-state index contributed by atoms with van der Waals surface area (Å²) in [6.45, 7) is 14.3. The molecule has 1 aromatic rings. The smallest absolute Gasteiger partial charge is 0.333 e. The van der Waals surface area contributed by atoms with E-state index in [9.17, 15) is 29.7 Å². The Kier molecular flexibility index (Phi) is 8.17. The second-order valence-electron chi connectivity index (χ2n) is 15.8. The molecule has 3 aliphatic carbocycles. The summed E-state index contributed by atoms with van der Waals surface area (Å²) in [5.41, 5.74) is -3.80. The van der Waals surface area contributed by atoms with E-state index in [0.29, 0.717) is 41.7 Å². The van der Waals surface area contributed by atoms with Gasteiger partial charge in [0.25, 0.3) is 0 Å². The summed E-state index contributed by atoms with van der Waals surface area (Å²) in [5.74, 6) is -1.99. The van der Waals surface area contributed by atoms with Crippen molar-refractivity contribution in [3.63, 3.8) is 0 Å². The van der Waals surface area contributed by atoms with Crippen molar-refractivity contribution < 1.29 is 48.7 Å². The number of carbonyl (C=O) groups excluding carboxylic acids is 3. The molecule has 0 radical (unpaired) electrons. The number of phenols is 1. The zero-order valence-corrected chi connectivity index (χ0v) is 29.9. The second kappa shape index (κ2) is 11.4. The van der Waals surface area contributed by atoms with Gasteiger partial charge in [0.2, 0.25) is 0 Å². The summed E-state index contributed by atoms with van der Waals surface area (Å²) in [7, 11) is 1.29. The number of esters is 1. The Morgan fingerprint density at radius 3 is 2.45 bits per heavy atom. The van der Waals surface area contributed by atoms with Crippen LogP contribution in [0.15, 0.2) is 41.0 Å². The molecule has 49 heavy (non-hydrogen) atoms. The third kappa shape index (κ3) is 5.12. The Balaban J connectivity index is 1.55. The molecule has 6 atom stereocenters. The minimum absolute atomic E-state index is 0.00993. The molecule has 2 fully saturated rings. The summed E-state index contributed by atoms with van der Waals surface area (Å²) in [5, 5.41) is 32.7. The first-order valence-electron chi connectivity index (χ1n) is 17.0. The van der Waals surface area contributed by atoms with E-state index in [1.54, 1.807) is 45.1 Å². The number of aromatic hydroxyl groups is 1. The molecular weight excluding hydrogens is 628 g/mol. The van der Waals surface area contributed by atoms with Crippen molar-refractivity contribution in [2.75, 3.05) is 7.11 Å². The average molecular weight is 677 g/mol. The van der Waals surface area contributed by atoms with Crippen LogP contribution in [-0.2, 0) is 25.5 Å². The summed E-state index contributed by atoms with van der Waals surface area (Å²) >= 11 is 0. The van der Waals surface area contributed by atoms with Crippen LogP contribution in [0.5, 0.6) is 17.2 Å². The molecule has 0 aromatic heterocycles. The number of ether oxygens (including phenoxy) is 4. The van der Waals surface area contributed by atoms with Gasteiger partial charge in [0.15, 0.2) is 22.8 Å². The lowest BCUT2D eigenvalue weighted by molar-refractivity contribution is -0.171. The summed E-state index contributed by atoms with van der Waals surface area (Å²) in [6, 6.07) is 0. The zero-order valence-electron chi connectivity index (χ0n) is 29.9. The number of carbonyl (C=O) groups is 3. The third-order valence-electron chi connectivity index (χ3n) is 11.2. The van der Waals surface area contributed by atoms with E-state index in [4.69, 9.17) is 18.9 Å². The Morgan fingerprint density at radius 2 is 1.82 bits per heavy atom. The molecule has 3 aliphatic heterocycles. The lowest BCUT2D eigenvalue weighted by Crippen LogP contribution is -2.72. The SMILES string of the molecule is COC(=O)/C(C)=C\CC12OC(C)(C)C3CC(C=C4C(=O)c5c(O)c6c(c(CC=C(C)C)c5OC431)OC(C)(CCC(O)C(C)(C)O)C=C6)C2=O. The largest absolute Gasteiger partial charge is 0.506 e. The number of fused-ring (bicyclic) bond motifs is 2. The van der Waals surface area contributed by atoms with Crippen molar-refractivity contribution >= 4 is 23.6 Å². The van der Waals surface area contributed by atoms with Crippen LogP contribution >= 0.6 is 0 Å². The number of rotatable bonds is 9. The lowest BCUT2D eigenvalue weighted by atomic mass is 9.51. The van der Waals surface area contributed by atoms with Crippen molar-refractivity contribution in [1.29, 1.82) is 0 Å². The monoisotopic (exact) mass is 676 g/mol. The van der Waals surface area contributed by atoms with Gasteiger partial charge in [-0.25, -0.2) is 4.79 Å². The summed E-state index contributed by atoms with van der Waals surface area (Å²) in [4.78, 5) is 41.6. The molecule has 1 saturated heterocycles. The number of aliphatic hydroxyl groups excluding tert-OH is 1. The minimum Gasteiger partial charge on any atom is -0.506 e. The van der Waals surface area contributed by atoms with Crippen molar-refractivity contribution in [3.05, 3.63) is 57.7 Å².